The first kappa shape index (κ1) is 9.95. The fraction of sp³-hybridized carbons (Fsp3) is 0.444. The van der Waals surface area contributed by atoms with E-state index in [1.807, 2.05) is 6.07 Å². The molecule has 0 fully saturated rings. The minimum Gasteiger partial charge on any atom is -0.397 e. The quantitative estimate of drug-likeness (QED) is 0.610. The van der Waals surface area contributed by atoms with E-state index in [-0.39, 0.29) is 5.92 Å². The third-order valence-corrected chi connectivity index (χ3v) is 2.13. The van der Waals surface area contributed by atoms with Gasteiger partial charge in [-0.05, 0) is 37.1 Å². The zero-order valence-electron chi connectivity index (χ0n) is 7.61. The highest BCUT2D eigenvalue weighted by Gasteiger charge is 2.10. The SMILES string of the molecule is NCCC(CN)c1ccncc1N. The van der Waals surface area contributed by atoms with Crippen LogP contribution in [-0.2, 0) is 0 Å². The van der Waals surface area contributed by atoms with Gasteiger partial charge in [-0.3, -0.25) is 4.98 Å². The van der Waals surface area contributed by atoms with Crippen LogP contribution in [0, 0.1) is 0 Å². The predicted octanol–water partition coefficient (Wildman–Crippen LogP) is 0.0549. The summed E-state index contributed by atoms with van der Waals surface area (Å²) >= 11 is 0. The second kappa shape index (κ2) is 4.79. The van der Waals surface area contributed by atoms with Crippen molar-refractivity contribution in [2.45, 2.75) is 12.3 Å². The lowest BCUT2D eigenvalue weighted by Gasteiger charge is -2.15. The Hall–Kier alpha value is -1.13. The summed E-state index contributed by atoms with van der Waals surface area (Å²) in [6.07, 6.45) is 4.24. The maximum Gasteiger partial charge on any atom is 0.0536 e. The van der Waals surface area contributed by atoms with Crippen molar-refractivity contribution in [2.24, 2.45) is 11.5 Å². The maximum absolute atomic E-state index is 5.77. The molecule has 0 amide bonds. The topological polar surface area (TPSA) is 91.0 Å². The van der Waals surface area contributed by atoms with Gasteiger partial charge in [-0.2, -0.15) is 0 Å². The van der Waals surface area contributed by atoms with Gasteiger partial charge in [-0.25, -0.2) is 0 Å². The van der Waals surface area contributed by atoms with Gasteiger partial charge < -0.3 is 17.2 Å². The molecule has 0 aromatic carbocycles. The van der Waals surface area contributed by atoms with E-state index in [1.165, 1.54) is 0 Å². The summed E-state index contributed by atoms with van der Waals surface area (Å²) in [5, 5.41) is 0. The Kier molecular flexibility index (Phi) is 3.67. The van der Waals surface area contributed by atoms with Crippen molar-refractivity contribution < 1.29 is 0 Å². The largest absolute Gasteiger partial charge is 0.397 e. The average molecular weight is 180 g/mol. The van der Waals surface area contributed by atoms with E-state index in [1.54, 1.807) is 12.4 Å². The van der Waals surface area contributed by atoms with E-state index in [4.69, 9.17) is 17.2 Å². The molecule has 0 aliphatic carbocycles. The highest BCUT2D eigenvalue weighted by molar-refractivity contribution is 5.46. The van der Waals surface area contributed by atoms with Crippen LogP contribution in [0.5, 0.6) is 0 Å². The van der Waals surface area contributed by atoms with Crippen molar-refractivity contribution in [1.82, 2.24) is 4.98 Å². The highest BCUT2D eigenvalue weighted by Crippen LogP contribution is 2.22. The number of aromatic nitrogens is 1. The molecule has 0 radical (unpaired) electrons. The molecule has 4 nitrogen and oxygen atoms in total. The van der Waals surface area contributed by atoms with Gasteiger partial charge in [0.15, 0.2) is 0 Å². The van der Waals surface area contributed by atoms with E-state index >= 15 is 0 Å². The third-order valence-electron chi connectivity index (χ3n) is 2.13. The molecule has 4 heteroatoms. The maximum atomic E-state index is 5.77. The number of hydrogen-bond acceptors (Lipinski definition) is 4. The third kappa shape index (κ3) is 2.40. The fourth-order valence-electron chi connectivity index (χ4n) is 1.39. The molecular weight excluding hydrogens is 164 g/mol. The van der Waals surface area contributed by atoms with Crippen molar-refractivity contribution in [3.63, 3.8) is 0 Å². The summed E-state index contributed by atoms with van der Waals surface area (Å²) in [6.45, 7) is 1.20. The lowest BCUT2D eigenvalue weighted by atomic mass is 9.96. The molecule has 0 saturated carbocycles. The zero-order valence-corrected chi connectivity index (χ0v) is 7.61. The van der Waals surface area contributed by atoms with E-state index in [0.29, 0.717) is 18.8 Å². The van der Waals surface area contributed by atoms with Crippen LogP contribution in [0.1, 0.15) is 17.9 Å². The molecule has 1 aromatic heterocycles. The molecule has 13 heavy (non-hydrogen) atoms. The van der Waals surface area contributed by atoms with Gasteiger partial charge in [-0.1, -0.05) is 0 Å². The summed E-state index contributed by atoms with van der Waals surface area (Å²) in [6, 6.07) is 1.91. The van der Waals surface area contributed by atoms with Crippen molar-refractivity contribution in [1.29, 1.82) is 0 Å². The van der Waals surface area contributed by atoms with Gasteiger partial charge in [0.25, 0.3) is 0 Å². The van der Waals surface area contributed by atoms with Crippen molar-refractivity contribution >= 4 is 5.69 Å². The molecule has 1 atom stereocenters. The molecule has 1 heterocycles. The van der Waals surface area contributed by atoms with Crippen LogP contribution < -0.4 is 17.2 Å². The lowest BCUT2D eigenvalue weighted by molar-refractivity contribution is 0.644. The monoisotopic (exact) mass is 180 g/mol. The Morgan fingerprint density at radius 2 is 2.15 bits per heavy atom. The molecule has 0 spiro atoms. The van der Waals surface area contributed by atoms with Crippen molar-refractivity contribution in [2.75, 3.05) is 18.8 Å². The van der Waals surface area contributed by atoms with Crippen LogP contribution in [0.4, 0.5) is 5.69 Å². The average Bonchev–Trinajstić information content (AvgIpc) is 2.16. The molecule has 0 saturated heterocycles. The lowest BCUT2D eigenvalue weighted by Crippen LogP contribution is -2.17. The van der Waals surface area contributed by atoms with Crippen LogP contribution in [-0.4, -0.2) is 18.1 Å². The summed E-state index contributed by atoms with van der Waals surface area (Å²) in [4.78, 5) is 3.92. The molecule has 0 aliphatic heterocycles. The Labute approximate surface area is 78.1 Å². The zero-order chi connectivity index (χ0) is 9.68. The van der Waals surface area contributed by atoms with Gasteiger partial charge in [-0.15, -0.1) is 0 Å². The molecule has 6 N–H and O–H groups in total. The van der Waals surface area contributed by atoms with E-state index < -0.39 is 0 Å². The number of rotatable bonds is 4. The summed E-state index contributed by atoms with van der Waals surface area (Å²) in [5.41, 5.74) is 18.6. The van der Waals surface area contributed by atoms with Crippen LogP contribution in [0.25, 0.3) is 0 Å². The molecule has 1 aromatic rings. The number of nitrogens with zero attached hydrogens (tertiary/aromatic N) is 1. The number of nitrogens with two attached hydrogens (primary N) is 3. The molecular formula is C9H16N4. The van der Waals surface area contributed by atoms with Gasteiger partial charge in [0, 0.05) is 6.20 Å². The second-order valence-corrected chi connectivity index (χ2v) is 3.01. The number of hydrogen-bond donors (Lipinski definition) is 3. The van der Waals surface area contributed by atoms with Crippen LogP contribution in [0.2, 0.25) is 0 Å². The number of anilines is 1. The first-order valence-corrected chi connectivity index (χ1v) is 4.39. The van der Waals surface area contributed by atoms with Gasteiger partial charge in [0.2, 0.25) is 0 Å². The Bertz CT molecular complexity index is 262. The first-order valence-electron chi connectivity index (χ1n) is 4.39. The first-order chi connectivity index (χ1) is 6.29. The summed E-state index contributed by atoms with van der Waals surface area (Å²) in [7, 11) is 0. The number of nitrogen functional groups attached to an aromatic ring is 1. The van der Waals surface area contributed by atoms with E-state index in [2.05, 4.69) is 4.98 Å². The van der Waals surface area contributed by atoms with Gasteiger partial charge in [0.1, 0.15) is 0 Å². The van der Waals surface area contributed by atoms with Crippen LogP contribution in [0.3, 0.4) is 0 Å². The molecule has 0 aliphatic rings. The summed E-state index contributed by atoms with van der Waals surface area (Å²) < 4.78 is 0. The molecule has 1 unspecified atom stereocenters. The standard InChI is InChI=1S/C9H16N4/c10-3-1-7(5-11)8-2-4-13-6-9(8)12/h2,4,6-7H,1,3,5,10-12H2. The van der Waals surface area contributed by atoms with Gasteiger partial charge >= 0.3 is 0 Å². The smallest absolute Gasteiger partial charge is 0.0536 e. The van der Waals surface area contributed by atoms with Crippen molar-refractivity contribution in [3.05, 3.63) is 24.0 Å². The second-order valence-electron chi connectivity index (χ2n) is 3.01. The molecule has 0 bridgehead atoms. The summed E-state index contributed by atoms with van der Waals surface area (Å²) in [5.74, 6) is 0.257. The minimum absolute atomic E-state index is 0.257. The Morgan fingerprint density at radius 3 is 2.69 bits per heavy atom. The van der Waals surface area contributed by atoms with Crippen LogP contribution in [0.15, 0.2) is 18.5 Å². The molecule has 1 rings (SSSR count). The van der Waals surface area contributed by atoms with E-state index in [9.17, 15) is 0 Å². The fourth-order valence-corrected chi connectivity index (χ4v) is 1.39. The predicted molar refractivity (Wildman–Crippen MR) is 54.1 cm³/mol. The molecule has 72 valence electrons. The van der Waals surface area contributed by atoms with Crippen LogP contribution >= 0.6 is 0 Å². The minimum atomic E-state index is 0.257. The van der Waals surface area contributed by atoms with Gasteiger partial charge in [0.05, 0.1) is 11.9 Å². The van der Waals surface area contributed by atoms with Crippen molar-refractivity contribution in [3.8, 4) is 0 Å². The van der Waals surface area contributed by atoms with E-state index in [0.717, 1.165) is 12.0 Å². The normalized spacial score (nSPS) is 12.8. The highest BCUT2D eigenvalue weighted by atomic mass is 14.7. The Balaban J connectivity index is 2.84. The number of pyridine rings is 1. The Morgan fingerprint density at radius 1 is 1.38 bits per heavy atom.